The van der Waals surface area contributed by atoms with E-state index < -0.39 is 0 Å². The van der Waals surface area contributed by atoms with Gasteiger partial charge in [0.2, 0.25) is 5.95 Å². The van der Waals surface area contributed by atoms with E-state index in [9.17, 15) is 4.79 Å². The Hall–Kier alpha value is -4.29. The number of carbonyl (C=O) groups excluding carboxylic acids is 1. The summed E-state index contributed by atoms with van der Waals surface area (Å²) in [7, 11) is 2.15. The fourth-order valence-corrected chi connectivity index (χ4v) is 5.18. The molecule has 1 amide bonds. The minimum Gasteiger partial charge on any atom is -0.367 e. The molecule has 1 aliphatic heterocycles. The highest BCUT2D eigenvalue weighted by Crippen LogP contribution is 2.27. The van der Waals surface area contributed by atoms with Gasteiger partial charge in [-0.15, -0.1) is 0 Å². The van der Waals surface area contributed by atoms with Crippen molar-refractivity contribution in [3.05, 3.63) is 66.0 Å². The first-order chi connectivity index (χ1) is 20.6. The van der Waals surface area contributed by atoms with E-state index in [1.807, 2.05) is 52.7 Å². The van der Waals surface area contributed by atoms with Crippen molar-refractivity contribution in [2.75, 3.05) is 49.2 Å². The van der Waals surface area contributed by atoms with Crippen molar-refractivity contribution in [3.63, 3.8) is 0 Å². The Morgan fingerprint density at radius 1 is 1.02 bits per heavy atom. The first-order valence-corrected chi connectivity index (χ1v) is 14.9. The van der Waals surface area contributed by atoms with Crippen molar-refractivity contribution in [1.29, 1.82) is 0 Å². The number of carbonyl (C=O) groups is 1. The van der Waals surface area contributed by atoms with E-state index in [1.54, 1.807) is 12.5 Å². The van der Waals surface area contributed by atoms with Gasteiger partial charge >= 0.3 is 0 Å². The van der Waals surface area contributed by atoms with Crippen molar-refractivity contribution in [2.45, 2.75) is 58.7 Å². The topological polar surface area (TPSA) is 121 Å². The molecule has 0 bridgehead atoms. The van der Waals surface area contributed by atoms with Crippen LogP contribution >= 0.6 is 0 Å². The second-order valence-corrected chi connectivity index (χ2v) is 12.6. The summed E-state index contributed by atoms with van der Waals surface area (Å²) in [5.41, 5.74) is 3.70. The second-order valence-electron chi connectivity index (χ2n) is 12.6. The number of hydrogen-bond acceptors (Lipinski definition) is 9. The average molecular weight is 584 g/mol. The zero-order chi connectivity index (χ0) is 30.1. The maximum Gasteiger partial charge on any atom is 0.276 e. The van der Waals surface area contributed by atoms with E-state index in [1.165, 1.54) is 12.8 Å². The van der Waals surface area contributed by atoms with Crippen LogP contribution in [0, 0.1) is 6.92 Å². The maximum absolute atomic E-state index is 13.4. The van der Waals surface area contributed by atoms with Crippen LogP contribution in [-0.2, 0) is 12.1 Å². The van der Waals surface area contributed by atoms with Gasteiger partial charge in [0.1, 0.15) is 18.0 Å². The van der Waals surface area contributed by atoms with Gasteiger partial charge in [0, 0.05) is 68.6 Å². The first kappa shape index (κ1) is 28.8. The number of anilines is 4. The molecule has 0 radical (unpaired) electrons. The van der Waals surface area contributed by atoms with Gasteiger partial charge < -0.3 is 20.9 Å². The van der Waals surface area contributed by atoms with Gasteiger partial charge in [-0.05, 0) is 71.3 Å². The molecule has 3 aromatic heterocycles. The summed E-state index contributed by atoms with van der Waals surface area (Å²) >= 11 is 0. The maximum atomic E-state index is 13.4. The van der Waals surface area contributed by atoms with Gasteiger partial charge in [-0.25, -0.2) is 15.0 Å². The molecular formula is C31H41N11O. The van der Waals surface area contributed by atoms with Gasteiger partial charge in [0.25, 0.3) is 5.91 Å². The molecular weight excluding hydrogens is 542 g/mol. The summed E-state index contributed by atoms with van der Waals surface area (Å²) in [4.78, 5) is 31.5. The normalized spacial score (nSPS) is 16.3. The standard InChI is InChI=1S/C31H41N11O/c1-21-6-7-23(16-25(21)37-30-32-10-11-41(30)28-18-27(33-20-34-28)35-22-8-9-22)36-29(43)26-17-24(42(38-26)31(2,3)4)19-40-14-12-39(5)13-15-40/h6-7,10-11,16-18,20,22H,8-9,12-15,19H2,1-5H3,(H,32,37)(H,36,43)(H,33,34,35). The van der Waals surface area contributed by atoms with Crippen LogP contribution in [0.1, 0.15) is 55.4 Å². The van der Waals surface area contributed by atoms with E-state index in [0.29, 0.717) is 29.2 Å². The number of likely N-dealkylation sites (N-methyl/N-ethyl adjacent to an activating group) is 1. The molecule has 0 unspecified atom stereocenters. The molecule has 1 aliphatic carbocycles. The molecule has 4 aromatic rings. The Balaban J connectivity index is 1.18. The van der Waals surface area contributed by atoms with Crippen LogP contribution < -0.4 is 16.0 Å². The predicted octanol–water partition coefficient (Wildman–Crippen LogP) is 4.24. The average Bonchev–Trinajstić information content (AvgIpc) is 3.47. The lowest BCUT2D eigenvalue weighted by molar-refractivity contribution is 0.102. The zero-order valence-electron chi connectivity index (χ0n) is 25.6. The number of benzene rings is 1. The smallest absolute Gasteiger partial charge is 0.276 e. The number of amides is 1. The number of hydrogen-bond donors (Lipinski definition) is 3. The summed E-state index contributed by atoms with van der Waals surface area (Å²) < 4.78 is 3.87. The monoisotopic (exact) mass is 583 g/mol. The van der Waals surface area contributed by atoms with E-state index in [2.05, 4.69) is 68.5 Å². The quantitative estimate of drug-likeness (QED) is 0.266. The van der Waals surface area contributed by atoms with Crippen LogP contribution in [-0.4, -0.2) is 84.3 Å². The van der Waals surface area contributed by atoms with Gasteiger partial charge in [-0.2, -0.15) is 5.10 Å². The highest BCUT2D eigenvalue weighted by Gasteiger charge is 2.25. The summed E-state index contributed by atoms with van der Waals surface area (Å²) in [5.74, 6) is 1.88. The summed E-state index contributed by atoms with van der Waals surface area (Å²) in [6.07, 6.45) is 7.48. The van der Waals surface area contributed by atoms with Gasteiger partial charge in [0.05, 0.1) is 11.2 Å². The van der Waals surface area contributed by atoms with Crippen LogP contribution in [0.3, 0.4) is 0 Å². The third-order valence-corrected chi connectivity index (χ3v) is 7.84. The van der Waals surface area contributed by atoms with Crippen LogP contribution in [0.5, 0.6) is 0 Å². The van der Waals surface area contributed by atoms with Crippen molar-refractivity contribution >= 4 is 29.0 Å². The molecule has 12 heteroatoms. The van der Waals surface area contributed by atoms with Gasteiger partial charge in [-0.3, -0.25) is 18.9 Å². The number of nitrogens with zero attached hydrogens (tertiary/aromatic N) is 8. The Bertz CT molecular complexity index is 1590. The van der Waals surface area contributed by atoms with E-state index in [0.717, 1.165) is 55.5 Å². The van der Waals surface area contributed by atoms with E-state index in [4.69, 9.17) is 5.10 Å². The van der Waals surface area contributed by atoms with Crippen molar-refractivity contribution in [2.24, 2.45) is 0 Å². The highest BCUT2D eigenvalue weighted by molar-refractivity contribution is 6.03. The fourth-order valence-electron chi connectivity index (χ4n) is 5.18. The third kappa shape index (κ3) is 6.86. The molecule has 1 aromatic carbocycles. The molecule has 1 saturated carbocycles. The lowest BCUT2D eigenvalue weighted by Crippen LogP contribution is -2.44. The summed E-state index contributed by atoms with van der Waals surface area (Å²) in [6.45, 7) is 13.2. The van der Waals surface area contributed by atoms with Crippen LogP contribution in [0.15, 0.2) is 49.1 Å². The molecule has 43 heavy (non-hydrogen) atoms. The SMILES string of the molecule is Cc1ccc(NC(=O)c2cc(CN3CCN(C)CC3)n(C(C)(C)C)n2)cc1Nc1nccn1-c1cc(NC2CC2)ncn1. The number of aryl methyl sites for hydroxylation is 1. The van der Waals surface area contributed by atoms with Crippen LogP contribution in [0.4, 0.5) is 23.1 Å². The van der Waals surface area contributed by atoms with Gasteiger partial charge in [0.15, 0.2) is 5.69 Å². The number of rotatable bonds is 9. The Labute approximate surface area is 252 Å². The molecule has 2 aliphatic rings. The molecule has 2 fully saturated rings. The second kappa shape index (κ2) is 11.8. The Kier molecular flexibility index (Phi) is 7.89. The lowest BCUT2D eigenvalue weighted by Gasteiger charge is -2.33. The molecule has 3 N–H and O–H groups in total. The third-order valence-electron chi connectivity index (χ3n) is 7.84. The van der Waals surface area contributed by atoms with Crippen LogP contribution in [0.25, 0.3) is 5.82 Å². The minimum absolute atomic E-state index is 0.240. The van der Waals surface area contributed by atoms with Crippen molar-refractivity contribution < 1.29 is 4.79 Å². The van der Waals surface area contributed by atoms with Crippen LogP contribution in [0.2, 0.25) is 0 Å². The molecule has 1 saturated heterocycles. The number of imidazole rings is 1. The van der Waals surface area contributed by atoms with E-state index >= 15 is 0 Å². The molecule has 6 rings (SSSR count). The minimum atomic E-state index is -0.248. The highest BCUT2D eigenvalue weighted by atomic mass is 16.2. The largest absolute Gasteiger partial charge is 0.367 e. The molecule has 4 heterocycles. The zero-order valence-corrected chi connectivity index (χ0v) is 25.6. The molecule has 12 nitrogen and oxygen atoms in total. The van der Waals surface area contributed by atoms with Gasteiger partial charge in [-0.1, -0.05) is 6.07 Å². The van der Waals surface area contributed by atoms with E-state index in [-0.39, 0.29) is 11.4 Å². The predicted molar refractivity (Wildman–Crippen MR) is 168 cm³/mol. The van der Waals surface area contributed by atoms with Crippen molar-refractivity contribution in [3.8, 4) is 5.82 Å². The Morgan fingerprint density at radius 3 is 2.56 bits per heavy atom. The first-order valence-electron chi connectivity index (χ1n) is 14.9. The lowest BCUT2D eigenvalue weighted by atomic mass is 10.1. The Morgan fingerprint density at radius 2 is 1.81 bits per heavy atom. The summed E-state index contributed by atoms with van der Waals surface area (Å²) in [5, 5.41) is 14.6. The number of nitrogens with one attached hydrogen (secondary N) is 3. The fraction of sp³-hybridized carbons (Fsp3) is 0.452. The van der Waals surface area contributed by atoms with Crippen molar-refractivity contribution in [1.82, 2.24) is 39.1 Å². The molecule has 0 atom stereocenters. The number of piperazine rings is 1. The number of aromatic nitrogens is 6. The molecule has 226 valence electrons. The molecule has 0 spiro atoms. The summed E-state index contributed by atoms with van der Waals surface area (Å²) in [6, 6.07) is 10.1.